The van der Waals surface area contributed by atoms with Crippen LogP contribution in [0, 0.1) is 10.1 Å². The molecule has 20 heavy (non-hydrogen) atoms. The molecule has 0 radical (unpaired) electrons. The first-order valence-electron chi connectivity index (χ1n) is 5.72. The number of nitrogen functional groups attached to an aromatic ring is 1. The van der Waals surface area contributed by atoms with Gasteiger partial charge in [0.2, 0.25) is 0 Å². The van der Waals surface area contributed by atoms with Gasteiger partial charge in [-0.05, 0) is 29.8 Å². The lowest BCUT2D eigenvalue weighted by molar-refractivity contribution is -0.384. The summed E-state index contributed by atoms with van der Waals surface area (Å²) < 4.78 is 6.48. The fraction of sp³-hybridized carbons (Fsp3) is 0.0769. The van der Waals surface area contributed by atoms with Gasteiger partial charge in [0.15, 0.2) is 0 Å². The second kappa shape index (κ2) is 6.36. The Kier molecular flexibility index (Phi) is 4.54. The zero-order valence-electron chi connectivity index (χ0n) is 10.4. The number of nitrogens with one attached hydrogen (secondary N) is 1. The van der Waals surface area contributed by atoms with Crippen LogP contribution < -0.4 is 16.0 Å². The van der Waals surface area contributed by atoms with Crippen molar-refractivity contribution >= 4 is 27.3 Å². The number of nitro benzene ring substituents is 1. The molecule has 0 unspecified atom stereocenters. The van der Waals surface area contributed by atoms with Gasteiger partial charge >= 0.3 is 0 Å². The number of halogens is 1. The van der Waals surface area contributed by atoms with E-state index in [1.165, 1.54) is 6.07 Å². The van der Waals surface area contributed by atoms with E-state index >= 15 is 0 Å². The molecule has 2 rings (SSSR count). The molecule has 0 saturated heterocycles. The van der Waals surface area contributed by atoms with Crippen molar-refractivity contribution in [3.05, 3.63) is 62.6 Å². The van der Waals surface area contributed by atoms with Crippen molar-refractivity contribution in [2.24, 2.45) is 5.84 Å². The van der Waals surface area contributed by atoms with Crippen LogP contribution >= 0.6 is 15.9 Å². The van der Waals surface area contributed by atoms with Crippen LogP contribution in [0.15, 0.2) is 46.9 Å². The maximum atomic E-state index is 10.9. The topological polar surface area (TPSA) is 90.4 Å². The summed E-state index contributed by atoms with van der Waals surface area (Å²) in [5.74, 6) is 5.91. The Hall–Kier alpha value is -2.12. The first kappa shape index (κ1) is 14.3. The quantitative estimate of drug-likeness (QED) is 0.496. The molecule has 0 heterocycles. The van der Waals surface area contributed by atoms with E-state index in [0.717, 1.165) is 4.47 Å². The van der Waals surface area contributed by atoms with Crippen LogP contribution in [0.5, 0.6) is 5.75 Å². The smallest absolute Gasteiger partial charge is 0.294 e. The van der Waals surface area contributed by atoms with Gasteiger partial charge in [-0.2, -0.15) is 0 Å². The van der Waals surface area contributed by atoms with Crippen LogP contribution in [-0.4, -0.2) is 4.92 Å². The standard InChI is InChI=1S/C13H12BrN3O3/c14-10-2-1-3-11(7-10)20-8-9-4-5-12(16-15)13(6-9)17(18)19/h1-7,16H,8,15H2. The largest absolute Gasteiger partial charge is 0.489 e. The highest BCUT2D eigenvalue weighted by molar-refractivity contribution is 9.10. The van der Waals surface area contributed by atoms with Gasteiger partial charge in [0, 0.05) is 10.5 Å². The number of hydrogen-bond acceptors (Lipinski definition) is 5. The Balaban J connectivity index is 2.14. The van der Waals surface area contributed by atoms with Crippen LogP contribution in [0.4, 0.5) is 11.4 Å². The molecule has 0 fully saturated rings. The number of hydrogen-bond donors (Lipinski definition) is 2. The van der Waals surface area contributed by atoms with E-state index in [1.807, 2.05) is 24.3 Å². The lowest BCUT2D eigenvalue weighted by Crippen LogP contribution is -2.09. The van der Waals surface area contributed by atoms with Crippen LogP contribution in [0.2, 0.25) is 0 Å². The maximum Gasteiger partial charge on any atom is 0.294 e. The Morgan fingerprint density at radius 2 is 2.10 bits per heavy atom. The average Bonchev–Trinajstić information content (AvgIpc) is 2.45. The summed E-state index contributed by atoms with van der Waals surface area (Å²) in [6, 6.07) is 12.1. The zero-order valence-corrected chi connectivity index (χ0v) is 12.0. The van der Waals surface area contributed by atoms with Gasteiger partial charge in [-0.15, -0.1) is 0 Å². The van der Waals surface area contributed by atoms with Gasteiger partial charge in [-0.3, -0.25) is 16.0 Å². The minimum absolute atomic E-state index is 0.0807. The molecule has 2 aromatic carbocycles. The van der Waals surface area contributed by atoms with Crippen LogP contribution in [0.3, 0.4) is 0 Å². The molecule has 2 aromatic rings. The van der Waals surface area contributed by atoms with Gasteiger partial charge in [0.25, 0.3) is 5.69 Å². The van der Waals surface area contributed by atoms with Gasteiger partial charge in [0.1, 0.15) is 18.0 Å². The Bertz CT molecular complexity index is 634. The van der Waals surface area contributed by atoms with Crippen molar-refractivity contribution in [1.29, 1.82) is 0 Å². The molecular formula is C13H12BrN3O3. The lowest BCUT2D eigenvalue weighted by atomic mass is 10.2. The number of nitrogens with zero attached hydrogens (tertiary/aromatic N) is 1. The minimum atomic E-state index is -0.488. The van der Waals surface area contributed by atoms with Crippen molar-refractivity contribution in [3.63, 3.8) is 0 Å². The van der Waals surface area contributed by atoms with Gasteiger partial charge in [-0.25, -0.2) is 0 Å². The highest BCUT2D eigenvalue weighted by atomic mass is 79.9. The van der Waals surface area contributed by atoms with Gasteiger partial charge in [0.05, 0.1) is 4.92 Å². The van der Waals surface area contributed by atoms with Crippen LogP contribution in [0.25, 0.3) is 0 Å². The SMILES string of the molecule is NNc1ccc(COc2cccc(Br)c2)cc1[N+](=O)[O-]. The third-order valence-electron chi connectivity index (χ3n) is 2.62. The number of ether oxygens (including phenoxy) is 1. The number of hydrazine groups is 1. The van der Waals surface area contributed by atoms with E-state index in [1.54, 1.807) is 12.1 Å². The van der Waals surface area contributed by atoms with E-state index in [-0.39, 0.29) is 18.0 Å². The molecule has 0 aliphatic heterocycles. The minimum Gasteiger partial charge on any atom is -0.489 e. The molecule has 0 bridgehead atoms. The molecule has 0 aliphatic carbocycles. The van der Waals surface area contributed by atoms with Crippen LogP contribution in [0.1, 0.15) is 5.56 Å². The predicted octanol–water partition coefficient (Wildman–Crippen LogP) is 3.22. The molecule has 0 spiro atoms. The molecule has 0 amide bonds. The summed E-state index contributed by atoms with van der Waals surface area (Å²) in [4.78, 5) is 10.4. The third kappa shape index (κ3) is 3.46. The van der Waals surface area contributed by atoms with Crippen molar-refractivity contribution < 1.29 is 9.66 Å². The number of anilines is 1. The Morgan fingerprint density at radius 3 is 2.75 bits per heavy atom. The van der Waals surface area contributed by atoms with E-state index in [0.29, 0.717) is 11.3 Å². The lowest BCUT2D eigenvalue weighted by Gasteiger charge is -2.08. The monoisotopic (exact) mass is 337 g/mol. The molecule has 0 saturated carbocycles. The maximum absolute atomic E-state index is 10.9. The number of benzene rings is 2. The normalized spacial score (nSPS) is 10.1. The Labute approximate surface area is 123 Å². The van der Waals surface area contributed by atoms with Crippen molar-refractivity contribution in [2.45, 2.75) is 6.61 Å². The molecule has 0 aromatic heterocycles. The van der Waals surface area contributed by atoms with E-state index in [2.05, 4.69) is 21.4 Å². The van der Waals surface area contributed by atoms with Crippen molar-refractivity contribution in [3.8, 4) is 5.75 Å². The zero-order chi connectivity index (χ0) is 14.5. The first-order chi connectivity index (χ1) is 9.60. The van der Waals surface area contributed by atoms with Crippen molar-refractivity contribution in [1.82, 2.24) is 0 Å². The summed E-state index contributed by atoms with van der Waals surface area (Å²) in [6.07, 6.45) is 0. The number of nitrogens with two attached hydrogens (primary N) is 1. The molecular weight excluding hydrogens is 326 g/mol. The fourth-order valence-corrected chi connectivity index (χ4v) is 2.04. The van der Waals surface area contributed by atoms with Gasteiger partial charge in [-0.1, -0.05) is 28.1 Å². The number of rotatable bonds is 5. The summed E-state index contributed by atoms with van der Waals surface area (Å²) in [7, 11) is 0. The summed E-state index contributed by atoms with van der Waals surface area (Å²) >= 11 is 3.35. The molecule has 7 heteroatoms. The highest BCUT2D eigenvalue weighted by Gasteiger charge is 2.13. The second-order valence-electron chi connectivity index (χ2n) is 4.00. The van der Waals surface area contributed by atoms with E-state index < -0.39 is 4.92 Å². The van der Waals surface area contributed by atoms with E-state index in [9.17, 15) is 10.1 Å². The fourth-order valence-electron chi connectivity index (χ4n) is 1.66. The Morgan fingerprint density at radius 1 is 1.30 bits per heavy atom. The first-order valence-corrected chi connectivity index (χ1v) is 6.52. The second-order valence-corrected chi connectivity index (χ2v) is 4.91. The third-order valence-corrected chi connectivity index (χ3v) is 3.11. The number of nitro groups is 1. The molecule has 0 atom stereocenters. The average molecular weight is 338 g/mol. The molecule has 0 aliphatic rings. The predicted molar refractivity (Wildman–Crippen MR) is 79.4 cm³/mol. The summed E-state index contributed by atoms with van der Waals surface area (Å²) in [5.41, 5.74) is 3.17. The molecule has 104 valence electrons. The molecule has 3 N–H and O–H groups in total. The van der Waals surface area contributed by atoms with Crippen molar-refractivity contribution in [2.75, 3.05) is 5.43 Å². The van der Waals surface area contributed by atoms with Gasteiger partial charge < -0.3 is 10.2 Å². The highest BCUT2D eigenvalue weighted by Crippen LogP contribution is 2.25. The molecule has 6 nitrogen and oxygen atoms in total. The van der Waals surface area contributed by atoms with Crippen LogP contribution in [-0.2, 0) is 6.61 Å². The van der Waals surface area contributed by atoms with E-state index in [4.69, 9.17) is 10.6 Å². The summed E-state index contributed by atoms with van der Waals surface area (Å²) in [6.45, 7) is 0.238. The summed E-state index contributed by atoms with van der Waals surface area (Å²) in [5, 5.41) is 10.9.